The molecule has 0 aliphatic carbocycles. The van der Waals surface area contributed by atoms with Gasteiger partial charge in [0.25, 0.3) is 0 Å². The molecule has 16 heavy (non-hydrogen) atoms. The third-order valence-electron chi connectivity index (χ3n) is 1.89. The zero-order chi connectivity index (χ0) is 11.5. The molecule has 0 amide bonds. The first-order chi connectivity index (χ1) is 7.65. The maximum absolute atomic E-state index is 5.85. The van der Waals surface area contributed by atoms with Crippen LogP contribution in [0.15, 0.2) is 28.9 Å². The van der Waals surface area contributed by atoms with Gasteiger partial charge in [-0.05, 0) is 34.1 Å². The number of halogens is 3. The summed E-state index contributed by atoms with van der Waals surface area (Å²) in [4.78, 5) is 4.16. The molecule has 0 spiro atoms. The zero-order valence-electron chi connectivity index (χ0n) is 8.01. The molecule has 0 aliphatic rings. The van der Waals surface area contributed by atoms with Gasteiger partial charge in [-0.15, -0.1) is 11.3 Å². The van der Waals surface area contributed by atoms with Crippen molar-refractivity contribution >= 4 is 56.2 Å². The van der Waals surface area contributed by atoms with Crippen LogP contribution in [-0.2, 0) is 6.54 Å². The minimum atomic E-state index is 0.650. The van der Waals surface area contributed by atoms with Crippen LogP contribution in [0.5, 0.6) is 0 Å². The Morgan fingerprint density at radius 3 is 2.81 bits per heavy atom. The van der Waals surface area contributed by atoms with Crippen LogP contribution in [-0.4, -0.2) is 4.98 Å². The van der Waals surface area contributed by atoms with E-state index in [1.54, 1.807) is 6.20 Å². The van der Waals surface area contributed by atoms with Gasteiger partial charge in [-0.2, -0.15) is 0 Å². The number of hydrogen-bond acceptors (Lipinski definition) is 3. The summed E-state index contributed by atoms with van der Waals surface area (Å²) in [5, 5.41) is 4.91. The molecule has 2 rings (SSSR count). The van der Waals surface area contributed by atoms with Gasteiger partial charge in [0.15, 0.2) is 0 Å². The molecule has 0 saturated carbocycles. The van der Waals surface area contributed by atoms with Crippen molar-refractivity contribution in [3.8, 4) is 0 Å². The molecular formula is C10H7BrCl2N2S. The second-order valence-electron chi connectivity index (χ2n) is 3.04. The summed E-state index contributed by atoms with van der Waals surface area (Å²) >= 11 is 16.5. The van der Waals surface area contributed by atoms with Crippen molar-refractivity contribution in [2.75, 3.05) is 5.32 Å². The predicted octanol–water partition coefficient (Wildman–Crippen LogP) is 4.82. The molecule has 0 bridgehead atoms. The zero-order valence-corrected chi connectivity index (χ0v) is 11.9. The van der Waals surface area contributed by atoms with Crippen LogP contribution in [0.4, 0.5) is 5.69 Å². The molecule has 84 valence electrons. The largest absolute Gasteiger partial charge is 0.378 e. The lowest BCUT2D eigenvalue weighted by Gasteiger charge is -2.06. The van der Waals surface area contributed by atoms with Crippen LogP contribution in [0.3, 0.4) is 0 Å². The lowest BCUT2D eigenvalue weighted by atomic mass is 10.3. The lowest BCUT2D eigenvalue weighted by molar-refractivity contribution is 1.10. The summed E-state index contributed by atoms with van der Waals surface area (Å²) in [5.41, 5.74) is 0.982. The van der Waals surface area contributed by atoms with E-state index in [1.165, 1.54) is 11.3 Å². The Morgan fingerprint density at radius 1 is 1.38 bits per heavy atom. The Kier molecular flexibility index (Phi) is 4.08. The molecule has 1 heterocycles. The molecule has 0 aliphatic heterocycles. The van der Waals surface area contributed by atoms with E-state index < -0.39 is 0 Å². The highest BCUT2D eigenvalue weighted by atomic mass is 79.9. The molecule has 2 aromatic rings. The Labute approximate surface area is 116 Å². The van der Waals surface area contributed by atoms with E-state index in [0.717, 1.165) is 15.2 Å². The van der Waals surface area contributed by atoms with Gasteiger partial charge < -0.3 is 5.32 Å². The summed E-state index contributed by atoms with van der Waals surface area (Å²) in [7, 11) is 0. The number of hydrogen-bond donors (Lipinski definition) is 1. The van der Waals surface area contributed by atoms with Crippen molar-refractivity contribution in [3.05, 3.63) is 43.2 Å². The van der Waals surface area contributed by atoms with Gasteiger partial charge in [-0.25, -0.2) is 4.98 Å². The highest BCUT2D eigenvalue weighted by molar-refractivity contribution is 9.10. The minimum absolute atomic E-state index is 0.650. The molecule has 1 N–H and O–H groups in total. The molecule has 1 aromatic carbocycles. The average Bonchev–Trinajstić information content (AvgIpc) is 2.63. The van der Waals surface area contributed by atoms with Crippen LogP contribution in [0.1, 0.15) is 5.01 Å². The van der Waals surface area contributed by atoms with Crippen LogP contribution >= 0.6 is 50.5 Å². The van der Waals surface area contributed by atoms with Crippen LogP contribution in [0.25, 0.3) is 0 Å². The van der Waals surface area contributed by atoms with Crippen LogP contribution < -0.4 is 5.32 Å². The van der Waals surface area contributed by atoms with E-state index in [0.29, 0.717) is 15.9 Å². The van der Waals surface area contributed by atoms with E-state index in [2.05, 4.69) is 26.2 Å². The van der Waals surface area contributed by atoms with Crippen molar-refractivity contribution in [2.45, 2.75) is 6.54 Å². The van der Waals surface area contributed by atoms with E-state index >= 15 is 0 Å². The maximum Gasteiger partial charge on any atom is 0.113 e. The van der Waals surface area contributed by atoms with Gasteiger partial charge in [0.05, 0.1) is 12.7 Å². The number of rotatable bonds is 3. The molecule has 2 nitrogen and oxygen atoms in total. The number of nitrogens with zero attached hydrogens (tertiary/aromatic N) is 1. The van der Waals surface area contributed by atoms with Gasteiger partial charge in [0.2, 0.25) is 0 Å². The van der Waals surface area contributed by atoms with Gasteiger partial charge in [-0.3, -0.25) is 0 Å². The minimum Gasteiger partial charge on any atom is -0.378 e. The van der Waals surface area contributed by atoms with E-state index in [9.17, 15) is 0 Å². The van der Waals surface area contributed by atoms with Gasteiger partial charge in [0, 0.05) is 15.2 Å². The standard InChI is InChI=1S/C10H7BrCl2N2S/c11-7-3-6(12)1-2-8(7)14-5-10-15-4-9(13)16-10/h1-4,14H,5H2. The lowest BCUT2D eigenvalue weighted by Crippen LogP contribution is -1.99. The predicted molar refractivity (Wildman–Crippen MR) is 73.6 cm³/mol. The second kappa shape index (κ2) is 5.36. The smallest absolute Gasteiger partial charge is 0.113 e. The first-order valence-electron chi connectivity index (χ1n) is 4.44. The molecule has 0 radical (unpaired) electrons. The summed E-state index contributed by atoms with van der Waals surface area (Å²) in [6.07, 6.45) is 1.65. The van der Waals surface area contributed by atoms with Crippen LogP contribution in [0, 0.1) is 0 Å². The quantitative estimate of drug-likeness (QED) is 0.868. The Hall–Kier alpha value is -0.290. The average molecular weight is 338 g/mol. The normalized spacial score (nSPS) is 10.4. The first-order valence-corrected chi connectivity index (χ1v) is 6.81. The maximum atomic E-state index is 5.85. The van der Waals surface area contributed by atoms with Gasteiger partial charge in [0.1, 0.15) is 9.34 Å². The topological polar surface area (TPSA) is 24.9 Å². The third kappa shape index (κ3) is 3.10. The second-order valence-corrected chi connectivity index (χ2v) is 6.07. The molecule has 0 unspecified atom stereocenters. The fraction of sp³-hybridized carbons (Fsp3) is 0.100. The molecular weight excluding hydrogens is 331 g/mol. The van der Waals surface area contributed by atoms with Crippen molar-refractivity contribution < 1.29 is 0 Å². The molecule has 6 heteroatoms. The van der Waals surface area contributed by atoms with Crippen molar-refractivity contribution in [1.29, 1.82) is 0 Å². The van der Waals surface area contributed by atoms with E-state index in [-0.39, 0.29) is 0 Å². The highest BCUT2D eigenvalue weighted by Gasteiger charge is 2.03. The molecule has 0 atom stereocenters. The summed E-state index contributed by atoms with van der Waals surface area (Å²) in [6, 6.07) is 5.60. The SMILES string of the molecule is Clc1ccc(NCc2ncc(Cl)s2)c(Br)c1. The number of nitrogens with one attached hydrogen (secondary N) is 1. The molecule has 0 fully saturated rings. The molecule has 0 saturated heterocycles. The van der Waals surface area contributed by atoms with Crippen molar-refractivity contribution in [2.24, 2.45) is 0 Å². The number of aromatic nitrogens is 1. The Morgan fingerprint density at radius 2 is 2.19 bits per heavy atom. The van der Waals surface area contributed by atoms with Gasteiger partial charge in [-0.1, -0.05) is 23.2 Å². The van der Waals surface area contributed by atoms with E-state index in [4.69, 9.17) is 23.2 Å². The monoisotopic (exact) mass is 336 g/mol. The fourth-order valence-corrected chi connectivity index (χ4v) is 2.89. The highest BCUT2D eigenvalue weighted by Crippen LogP contribution is 2.27. The number of anilines is 1. The fourth-order valence-electron chi connectivity index (χ4n) is 1.17. The Bertz CT molecular complexity index is 501. The summed E-state index contributed by atoms with van der Waals surface area (Å²) < 4.78 is 1.63. The number of thiazole rings is 1. The van der Waals surface area contributed by atoms with Gasteiger partial charge >= 0.3 is 0 Å². The Balaban J connectivity index is 2.04. The molecule has 1 aromatic heterocycles. The van der Waals surface area contributed by atoms with Crippen LogP contribution in [0.2, 0.25) is 9.36 Å². The van der Waals surface area contributed by atoms with Crippen molar-refractivity contribution in [3.63, 3.8) is 0 Å². The summed E-state index contributed by atoms with van der Waals surface area (Å²) in [6.45, 7) is 0.650. The summed E-state index contributed by atoms with van der Waals surface area (Å²) in [5.74, 6) is 0. The third-order valence-corrected chi connectivity index (χ3v) is 3.89. The van der Waals surface area contributed by atoms with Crippen molar-refractivity contribution in [1.82, 2.24) is 4.98 Å². The number of benzene rings is 1. The van der Waals surface area contributed by atoms with E-state index in [1.807, 2.05) is 18.2 Å². The first kappa shape index (κ1) is 12.2.